The standard InChI is InChI=1S/C14H17N5O3/c1-19-7-15-6-10(19)12(14(21)22)17-13(20)9-4-2-3-8-5-16-18-11(8)9/h5-7,9,12H,2-4H2,1H3,(H,16,18)(H,17,20)(H,21,22). The largest absolute Gasteiger partial charge is 0.479 e. The maximum absolute atomic E-state index is 12.5. The number of aryl methyl sites for hydroxylation is 2. The molecule has 2 unspecified atom stereocenters. The number of fused-ring (bicyclic) bond motifs is 1. The number of amides is 1. The van der Waals surface area contributed by atoms with Gasteiger partial charge in [-0.05, 0) is 24.8 Å². The molecule has 2 atom stereocenters. The van der Waals surface area contributed by atoms with Crippen LogP contribution in [0.25, 0.3) is 0 Å². The molecule has 0 saturated carbocycles. The summed E-state index contributed by atoms with van der Waals surface area (Å²) in [6, 6.07) is -1.12. The van der Waals surface area contributed by atoms with E-state index in [4.69, 9.17) is 0 Å². The van der Waals surface area contributed by atoms with Crippen LogP contribution in [0.2, 0.25) is 0 Å². The zero-order valence-corrected chi connectivity index (χ0v) is 12.1. The second kappa shape index (κ2) is 5.63. The van der Waals surface area contributed by atoms with Crippen LogP contribution in [0.5, 0.6) is 0 Å². The van der Waals surface area contributed by atoms with Crippen LogP contribution in [-0.4, -0.2) is 36.7 Å². The fraction of sp³-hybridized carbons (Fsp3) is 0.429. The highest BCUT2D eigenvalue weighted by Gasteiger charge is 2.32. The van der Waals surface area contributed by atoms with Gasteiger partial charge in [0.15, 0.2) is 6.04 Å². The fourth-order valence-corrected chi connectivity index (χ4v) is 2.88. The minimum absolute atomic E-state index is 0.307. The molecule has 1 amide bonds. The Balaban J connectivity index is 1.82. The van der Waals surface area contributed by atoms with Crippen LogP contribution in [0.4, 0.5) is 0 Å². The van der Waals surface area contributed by atoms with E-state index in [9.17, 15) is 14.7 Å². The zero-order valence-electron chi connectivity index (χ0n) is 12.1. The number of aliphatic carboxylic acids is 1. The van der Waals surface area contributed by atoms with Crippen molar-refractivity contribution >= 4 is 11.9 Å². The van der Waals surface area contributed by atoms with Gasteiger partial charge in [0.2, 0.25) is 5.91 Å². The molecule has 1 aliphatic carbocycles. The van der Waals surface area contributed by atoms with Crippen molar-refractivity contribution in [2.75, 3.05) is 0 Å². The van der Waals surface area contributed by atoms with Crippen molar-refractivity contribution in [3.8, 4) is 0 Å². The number of carbonyl (C=O) groups is 2. The number of hydrogen-bond acceptors (Lipinski definition) is 4. The summed E-state index contributed by atoms with van der Waals surface area (Å²) >= 11 is 0. The number of aromatic nitrogens is 4. The first-order valence-electron chi connectivity index (χ1n) is 7.09. The Bertz CT molecular complexity index is 705. The van der Waals surface area contributed by atoms with E-state index in [0.717, 1.165) is 24.1 Å². The summed E-state index contributed by atoms with van der Waals surface area (Å²) in [5.41, 5.74) is 2.25. The normalized spacial score (nSPS) is 18.5. The molecule has 0 aromatic carbocycles. The van der Waals surface area contributed by atoms with Crippen LogP contribution in [0.3, 0.4) is 0 Å². The molecule has 0 radical (unpaired) electrons. The first-order valence-corrected chi connectivity index (χ1v) is 7.09. The number of rotatable bonds is 4. The Hall–Kier alpha value is -2.64. The molecule has 2 aromatic rings. The molecule has 3 rings (SSSR count). The third kappa shape index (κ3) is 2.47. The molecule has 2 aromatic heterocycles. The third-order valence-corrected chi connectivity index (χ3v) is 4.04. The predicted octanol–water partition coefficient (Wildman–Crippen LogP) is 0.505. The molecule has 8 nitrogen and oxygen atoms in total. The molecule has 2 heterocycles. The van der Waals surface area contributed by atoms with E-state index in [2.05, 4.69) is 20.5 Å². The van der Waals surface area contributed by atoms with E-state index in [-0.39, 0.29) is 11.8 Å². The number of carboxylic acid groups (broad SMARTS) is 1. The summed E-state index contributed by atoms with van der Waals surface area (Å²) in [6.45, 7) is 0. The van der Waals surface area contributed by atoms with Crippen LogP contribution in [0.1, 0.15) is 41.8 Å². The molecular formula is C14H17N5O3. The molecule has 8 heteroatoms. The molecule has 116 valence electrons. The summed E-state index contributed by atoms with van der Waals surface area (Å²) < 4.78 is 1.58. The third-order valence-electron chi connectivity index (χ3n) is 4.04. The topological polar surface area (TPSA) is 113 Å². The molecule has 0 saturated heterocycles. The van der Waals surface area contributed by atoms with Gasteiger partial charge in [-0.25, -0.2) is 9.78 Å². The average Bonchev–Trinajstić information content (AvgIpc) is 3.12. The molecule has 0 spiro atoms. The number of carbonyl (C=O) groups excluding carboxylic acids is 1. The van der Waals surface area contributed by atoms with E-state index >= 15 is 0 Å². The van der Waals surface area contributed by atoms with Crippen LogP contribution in [0, 0.1) is 0 Å². The van der Waals surface area contributed by atoms with Crippen molar-refractivity contribution in [1.29, 1.82) is 0 Å². The van der Waals surface area contributed by atoms with Gasteiger partial charge in [0.05, 0.1) is 36.0 Å². The first kappa shape index (κ1) is 14.3. The summed E-state index contributed by atoms with van der Waals surface area (Å²) in [7, 11) is 1.69. The number of nitrogens with zero attached hydrogens (tertiary/aromatic N) is 3. The van der Waals surface area contributed by atoms with Crippen molar-refractivity contribution in [1.82, 2.24) is 25.1 Å². The SMILES string of the molecule is Cn1cncc1C(NC(=O)C1CCCc2cn[nH]c21)C(=O)O. The monoisotopic (exact) mass is 303 g/mol. The van der Waals surface area contributed by atoms with Gasteiger partial charge in [0.25, 0.3) is 0 Å². The summed E-state index contributed by atoms with van der Waals surface area (Å²) in [6.07, 6.45) is 7.13. The lowest BCUT2D eigenvalue weighted by molar-refractivity contribution is -0.142. The van der Waals surface area contributed by atoms with Crippen LogP contribution >= 0.6 is 0 Å². The molecular weight excluding hydrogens is 286 g/mol. The van der Waals surface area contributed by atoms with Crippen molar-refractivity contribution in [3.63, 3.8) is 0 Å². The van der Waals surface area contributed by atoms with Gasteiger partial charge in [0, 0.05) is 7.05 Å². The molecule has 3 N–H and O–H groups in total. The maximum atomic E-state index is 12.5. The minimum atomic E-state index is -1.12. The molecule has 1 aliphatic rings. The van der Waals surface area contributed by atoms with Crippen LogP contribution < -0.4 is 5.32 Å². The van der Waals surface area contributed by atoms with Gasteiger partial charge >= 0.3 is 5.97 Å². The number of aromatic amines is 1. The Kier molecular flexibility index (Phi) is 3.66. The zero-order chi connectivity index (χ0) is 15.7. The van der Waals surface area contributed by atoms with Crippen molar-refractivity contribution < 1.29 is 14.7 Å². The minimum Gasteiger partial charge on any atom is -0.479 e. The van der Waals surface area contributed by atoms with Gasteiger partial charge in [-0.3, -0.25) is 9.89 Å². The lowest BCUT2D eigenvalue weighted by Gasteiger charge is -2.23. The van der Waals surface area contributed by atoms with Gasteiger partial charge < -0.3 is 15.0 Å². The summed E-state index contributed by atoms with van der Waals surface area (Å²) in [5, 5.41) is 18.8. The molecule has 0 aliphatic heterocycles. The second-order valence-corrected chi connectivity index (χ2v) is 5.46. The number of H-pyrrole nitrogens is 1. The Morgan fingerprint density at radius 2 is 2.32 bits per heavy atom. The Labute approximate surface area is 126 Å². The lowest BCUT2D eigenvalue weighted by Crippen LogP contribution is -2.38. The van der Waals surface area contributed by atoms with Crippen LogP contribution in [0.15, 0.2) is 18.7 Å². The van der Waals surface area contributed by atoms with E-state index in [0.29, 0.717) is 12.1 Å². The van der Waals surface area contributed by atoms with E-state index in [1.807, 2.05) is 0 Å². The maximum Gasteiger partial charge on any atom is 0.332 e. The van der Waals surface area contributed by atoms with Gasteiger partial charge in [0.1, 0.15) is 0 Å². The van der Waals surface area contributed by atoms with Crippen LogP contribution in [-0.2, 0) is 23.1 Å². The van der Waals surface area contributed by atoms with Gasteiger partial charge in [-0.2, -0.15) is 5.10 Å². The number of hydrogen-bond donors (Lipinski definition) is 3. The van der Waals surface area contributed by atoms with Crippen molar-refractivity contribution in [2.24, 2.45) is 7.05 Å². The highest BCUT2D eigenvalue weighted by Crippen LogP contribution is 2.30. The van der Waals surface area contributed by atoms with E-state index < -0.39 is 12.0 Å². The van der Waals surface area contributed by atoms with Crippen molar-refractivity contribution in [3.05, 3.63) is 35.7 Å². The van der Waals surface area contributed by atoms with Gasteiger partial charge in [-0.1, -0.05) is 0 Å². The Morgan fingerprint density at radius 3 is 3.00 bits per heavy atom. The highest BCUT2D eigenvalue weighted by atomic mass is 16.4. The van der Waals surface area contributed by atoms with Crippen molar-refractivity contribution in [2.45, 2.75) is 31.2 Å². The Morgan fingerprint density at radius 1 is 1.50 bits per heavy atom. The average molecular weight is 303 g/mol. The number of imidazole rings is 1. The molecule has 0 fully saturated rings. The molecule has 0 bridgehead atoms. The quantitative estimate of drug-likeness (QED) is 0.761. The first-order chi connectivity index (χ1) is 10.6. The van der Waals surface area contributed by atoms with E-state index in [1.54, 1.807) is 17.8 Å². The van der Waals surface area contributed by atoms with Gasteiger partial charge in [-0.15, -0.1) is 0 Å². The predicted molar refractivity (Wildman–Crippen MR) is 76.0 cm³/mol. The molecule has 22 heavy (non-hydrogen) atoms. The van der Waals surface area contributed by atoms with E-state index in [1.165, 1.54) is 12.5 Å². The second-order valence-electron chi connectivity index (χ2n) is 5.46. The highest BCUT2D eigenvalue weighted by molar-refractivity contribution is 5.88. The fourth-order valence-electron chi connectivity index (χ4n) is 2.88. The smallest absolute Gasteiger partial charge is 0.332 e. The summed E-state index contributed by atoms with van der Waals surface area (Å²) in [5.74, 6) is -1.81. The lowest BCUT2D eigenvalue weighted by atomic mass is 9.87. The number of carboxylic acids is 1. The number of nitrogens with one attached hydrogen (secondary N) is 2. The summed E-state index contributed by atoms with van der Waals surface area (Å²) in [4.78, 5) is 27.9.